The summed E-state index contributed by atoms with van der Waals surface area (Å²) in [6, 6.07) is -0.793. The van der Waals surface area contributed by atoms with E-state index in [1.807, 2.05) is 18.2 Å². The lowest BCUT2D eigenvalue weighted by molar-refractivity contribution is -0.141. The molecule has 228 valence electrons. The normalized spacial score (nSPS) is 20.4. The maximum Gasteiger partial charge on any atom is 0.305 e. The number of carbonyl (C=O) groups is 3. The first kappa shape index (κ1) is 36.1. The summed E-state index contributed by atoms with van der Waals surface area (Å²) in [6.45, 7) is 20.2. The maximum absolute atomic E-state index is 12.7. The third-order valence-corrected chi connectivity index (χ3v) is 12.2. The van der Waals surface area contributed by atoms with Crippen LogP contribution in [0.4, 0.5) is 0 Å². The first-order valence-electron chi connectivity index (χ1n) is 14.3. The van der Waals surface area contributed by atoms with Gasteiger partial charge in [0.1, 0.15) is 11.3 Å². The molecule has 0 saturated carbocycles. The van der Waals surface area contributed by atoms with Crippen molar-refractivity contribution in [2.24, 2.45) is 11.8 Å². The summed E-state index contributed by atoms with van der Waals surface area (Å²) in [5.74, 6) is -1.22. The molecule has 1 amide bonds. The van der Waals surface area contributed by atoms with E-state index in [1.165, 1.54) is 25.1 Å². The summed E-state index contributed by atoms with van der Waals surface area (Å²) in [7, 11) is 0.877. The monoisotopic (exact) mass is 585 g/mol. The van der Waals surface area contributed by atoms with Gasteiger partial charge in [0, 0.05) is 13.5 Å². The van der Waals surface area contributed by atoms with Gasteiger partial charge in [-0.25, -0.2) is 0 Å². The molecule has 8 heteroatoms. The number of nitrogens with zero attached hydrogens (tertiary/aromatic N) is 1. The first-order chi connectivity index (χ1) is 18.9. The molecular weight excluding hydrogens is 534 g/mol. The lowest BCUT2D eigenvalue weighted by atomic mass is 9.93. The summed E-state index contributed by atoms with van der Waals surface area (Å²) in [4.78, 5) is 37.8. The van der Waals surface area contributed by atoms with Crippen molar-refractivity contribution >= 4 is 26.0 Å². The molecule has 1 N–H and O–H groups in total. The Morgan fingerprint density at radius 2 is 1.56 bits per heavy atom. The second-order valence-electron chi connectivity index (χ2n) is 12.5. The molecule has 1 aliphatic rings. The van der Waals surface area contributed by atoms with Gasteiger partial charge in [0.05, 0.1) is 19.3 Å². The van der Waals surface area contributed by atoms with Gasteiger partial charge in [-0.3, -0.25) is 14.4 Å². The van der Waals surface area contributed by atoms with Crippen molar-refractivity contribution in [2.75, 3.05) is 14.2 Å². The molecule has 0 bridgehead atoms. The van der Waals surface area contributed by atoms with Crippen LogP contribution in [0.3, 0.4) is 0 Å². The second-order valence-corrected chi connectivity index (χ2v) is 17.3. The van der Waals surface area contributed by atoms with Gasteiger partial charge in [-0.05, 0) is 49.4 Å². The highest BCUT2D eigenvalue weighted by Gasteiger charge is 2.43. The minimum absolute atomic E-state index is 0.0103. The predicted molar refractivity (Wildman–Crippen MR) is 169 cm³/mol. The maximum atomic E-state index is 12.7. The largest absolute Gasteiger partial charge is 0.507 e. The van der Waals surface area contributed by atoms with E-state index in [4.69, 9.17) is 4.43 Å². The number of methoxy groups -OCH3 is 1. The molecule has 0 aliphatic carbocycles. The fourth-order valence-corrected chi connectivity index (χ4v) is 5.83. The number of hydrogen-bond donors (Lipinski definition) is 1. The molecule has 0 spiro atoms. The van der Waals surface area contributed by atoms with E-state index in [-0.39, 0.29) is 35.5 Å². The number of aliphatic hydroxyl groups excluding tert-OH is 1. The minimum atomic E-state index is -1.87. The van der Waals surface area contributed by atoms with Gasteiger partial charge in [-0.2, -0.15) is 0 Å². The lowest BCUT2D eigenvalue weighted by Crippen LogP contribution is -2.46. The van der Waals surface area contributed by atoms with E-state index >= 15 is 0 Å². The van der Waals surface area contributed by atoms with E-state index in [1.54, 1.807) is 18.2 Å². The number of aliphatic hydroxyl groups is 1. The zero-order valence-electron chi connectivity index (χ0n) is 26.9. The van der Waals surface area contributed by atoms with Crippen molar-refractivity contribution in [2.45, 2.75) is 91.6 Å². The van der Waals surface area contributed by atoms with Gasteiger partial charge in [0.15, 0.2) is 14.1 Å². The van der Waals surface area contributed by atoms with E-state index in [9.17, 15) is 19.5 Å². The van der Waals surface area contributed by atoms with Crippen LogP contribution in [0.15, 0.2) is 71.6 Å². The molecule has 7 nitrogen and oxygen atoms in total. The van der Waals surface area contributed by atoms with Crippen LogP contribution in [0.25, 0.3) is 0 Å². The summed E-state index contributed by atoms with van der Waals surface area (Å²) in [6.07, 6.45) is 16.7. The number of carbonyl (C=O) groups excluding carboxylic acids is 3. The van der Waals surface area contributed by atoms with Gasteiger partial charge >= 0.3 is 5.97 Å². The Morgan fingerprint density at radius 1 is 1.02 bits per heavy atom. The average Bonchev–Trinajstić information content (AvgIpc) is 3.08. The third kappa shape index (κ3) is 10.7. The van der Waals surface area contributed by atoms with Crippen molar-refractivity contribution in [3.8, 4) is 0 Å². The Morgan fingerprint density at radius 3 is 2.07 bits per heavy atom. The van der Waals surface area contributed by atoms with Crippen LogP contribution in [0.2, 0.25) is 18.1 Å². The average molecular weight is 586 g/mol. The number of likely N-dealkylation sites (tertiary alicyclic amines) is 1. The van der Waals surface area contributed by atoms with Crippen LogP contribution in [-0.4, -0.2) is 62.3 Å². The summed E-state index contributed by atoms with van der Waals surface area (Å²) >= 11 is 0. The Bertz CT molecular complexity index is 1120. The van der Waals surface area contributed by atoms with E-state index in [0.717, 1.165) is 5.57 Å². The van der Waals surface area contributed by atoms with E-state index in [0.29, 0.717) is 5.92 Å². The molecule has 0 aromatic rings. The summed E-state index contributed by atoms with van der Waals surface area (Å²) in [5, 5.41) is 10.5. The predicted octanol–water partition coefficient (Wildman–Crippen LogP) is 7.02. The van der Waals surface area contributed by atoms with Crippen LogP contribution in [0.1, 0.15) is 61.3 Å². The van der Waals surface area contributed by atoms with Crippen LogP contribution in [0, 0.1) is 11.8 Å². The first-order valence-corrected chi connectivity index (χ1v) is 17.2. The summed E-state index contributed by atoms with van der Waals surface area (Å²) < 4.78 is 11.4. The van der Waals surface area contributed by atoms with Crippen molar-refractivity contribution in [1.29, 1.82) is 0 Å². The van der Waals surface area contributed by atoms with Crippen molar-refractivity contribution in [3.63, 3.8) is 0 Å². The second kappa shape index (κ2) is 15.9. The molecule has 1 aliphatic heterocycles. The Balaban J connectivity index is 2.77. The highest BCUT2D eigenvalue weighted by Crippen LogP contribution is 2.39. The zero-order chi connectivity index (χ0) is 31.5. The molecule has 41 heavy (non-hydrogen) atoms. The highest BCUT2D eigenvalue weighted by atomic mass is 28.4. The third-order valence-electron chi connectivity index (χ3n) is 7.76. The number of Topliss-reactive ketones (excluding diaryl/α,β-unsaturated/α-hetero) is 1. The van der Waals surface area contributed by atoms with Crippen molar-refractivity contribution in [1.82, 2.24) is 4.90 Å². The molecule has 0 aromatic heterocycles. The van der Waals surface area contributed by atoms with Gasteiger partial charge in [0.25, 0.3) is 5.91 Å². The van der Waals surface area contributed by atoms with Gasteiger partial charge < -0.3 is 19.2 Å². The van der Waals surface area contributed by atoms with Crippen LogP contribution < -0.4 is 0 Å². The van der Waals surface area contributed by atoms with E-state index < -0.39 is 37.8 Å². The fourth-order valence-electron chi connectivity index (χ4n) is 4.31. The number of allylic oxidation sites excluding steroid dienone is 9. The molecule has 0 aromatic carbocycles. The number of esters is 1. The number of amides is 1. The minimum Gasteiger partial charge on any atom is -0.507 e. The number of hydrogen-bond acceptors (Lipinski definition) is 6. The standard InChI is InChI=1S/C33H51NO6Si/c1-23(2)31(40-41(10,11)33(5,6)7)25(4)22-24(3)18-16-14-12-13-15-17-19-27(35)29-30(37)26(34(8)32(29)38)20-21-28(36)39-9/h12-19,22-23,25-26,31,35H,20-21H2,1-11H3/b14-12+,15-13+,18-16+,19-17+,24-22+,29-27-/t25-,26+,31+/m1/s1. The van der Waals surface area contributed by atoms with Crippen LogP contribution >= 0.6 is 0 Å². The summed E-state index contributed by atoms with van der Waals surface area (Å²) in [5.41, 5.74) is 0.893. The van der Waals surface area contributed by atoms with Crippen molar-refractivity contribution in [3.05, 3.63) is 71.6 Å². The zero-order valence-corrected chi connectivity index (χ0v) is 27.9. The molecule has 0 radical (unpaired) electrons. The topological polar surface area (TPSA) is 93.1 Å². The molecule has 0 unspecified atom stereocenters. The number of likely N-dealkylation sites (N-methyl/N-ethyl adjacent to an activating group) is 1. The highest BCUT2D eigenvalue weighted by molar-refractivity contribution is 6.74. The Kier molecular flexibility index (Phi) is 14.0. The van der Waals surface area contributed by atoms with Crippen LogP contribution in [-0.2, 0) is 23.5 Å². The fraction of sp³-hybridized carbons (Fsp3) is 0.545. The molecule has 3 atom stereocenters. The van der Waals surface area contributed by atoms with E-state index in [2.05, 4.69) is 78.4 Å². The Hall–Kier alpha value is -2.97. The SMILES string of the molecule is COC(=O)CC[C@H]1C(=O)\C(=C(O)/C=C/C=C/C=C/C=C/C(C)=C/[C@@H](C)[C@@H](O[Si](C)(C)C(C)(C)C)C(C)C)C(=O)N1C. The molecule has 1 heterocycles. The van der Waals surface area contributed by atoms with Gasteiger partial charge in [0.2, 0.25) is 0 Å². The quantitative estimate of drug-likeness (QED) is 0.0624. The van der Waals surface area contributed by atoms with Crippen LogP contribution in [0.5, 0.6) is 0 Å². The molecular formula is C33H51NO6Si. The number of ether oxygens (including phenoxy) is 1. The van der Waals surface area contributed by atoms with Gasteiger partial charge in [-0.1, -0.05) is 95.7 Å². The molecule has 1 fully saturated rings. The smallest absolute Gasteiger partial charge is 0.305 e. The molecule has 1 rings (SSSR count). The molecule has 1 saturated heterocycles. The number of ketones is 1. The van der Waals surface area contributed by atoms with Gasteiger partial charge in [-0.15, -0.1) is 0 Å². The van der Waals surface area contributed by atoms with Crippen molar-refractivity contribution < 1.29 is 28.7 Å². The Labute approximate surface area is 248 Å². The number of rotatable bonds is 13. The lowest BCUT2D eigenvalue weighted by Gasteiger charge is -2.42.